The molecule has 4 aromatic rings. The zero-order valence-corrected chi connectivity index (χ0v) is 13.1. The number of aryl methyl sites for hydroxylation is 1. The lowest BCUT2D eigenvalue weighted by molar-refractivity contribution is 0.175. The van der Waals surface area contributed by atoms with E-state index in [2.05, 4.69) is 30.1 Å². The van der Waals surface area contributed by atoms with Crippen molar-refractivity contribution in [3.05, 3.63) is 54.2 Å². The van der Waals surface area contributed by atoms with Gasteiger partial charge in [-0.2, -0.15) is 0 Å². The molecule has 5 rings (SSSR count). The van der Waals surface area contributed by atoms with E-state index in [1.807, 2.05) is 30.5 Å². The lowest BCUT2D eigenvalue weighted by Gasteiger charge is -2.12. The molecule has 118 valence electrons. The molecule has 0 amide bonds. The van der Waals surface area contributed by atoms with Gasteiger partial charge in [-0.05, 0) is 30.0 Å². The number of aromatic amines is 1. The minimum atomic E-state index is 0.179. The Morgan fingerprint density at radius 3 is 2.83 bits per heavy atom. The Hall–Kier alpha value is -3.14. The summed E-state index contributed by atoms with van der Waals surface area (Å²) in [5.41, 5.74) is 3.32. The van der Waals surface area contributed by atoms with E-state index in [0.717, 1.165) is 44.2 Å². The highest BCUT2D eigenvalue weighted by Crippen LogP contribution is 2.47. The van der Waals surface area contributed by atoms with Gasteiger partial charge in [-0.3, -0.25) is 0 Å². The third kappa shape index (κ3) is 1.74. The minimum Gasteiger partial charge on any atom is -0.494 e. The highest BCUT2D eigenvalue weighted by atomic mass is 16.7. The molecule has 24 heavy (non-hydrogen) atoms. The number of hydrogen-bond acceptors (Lipinski definition) is 3. The molecule has 0 saturated carbocycles. The molecule has 1 aromatic heterocycles. The summed E-state index contributed by atoms with van der Waals surface area (Å²) >= 11 is 0. The molecule has 3 aromatic carbocycles. The summed E-state index contributed by atoms with van der Waals surface area (Å²) < 4.78 is 11.3. The molecule has 0 atom stereocenters. The topological polar surface area (TPSA) is 54.5 Å². The minimum absolute atomic E-state index is 0.179. The van der Waals surface area contributed by atoms with E-state index >= 15 is 0 Å². The number of ether oxygens (including phenoxy) is 2. The maximum absolute atomic E-state index is 10.2. The van der Waals surface area contributed by atoms with E-state index in [1.165, 1.54) is 5.56 Å². The van der Waals surface area contributed by atoms with Crippen molar-refractivity contribution >= 4 is 21.5 Å². The van der Waals surface area contributed by atoms with Crippen LogP contribution in [0.1, 0.15) is 5.56 Å². The predicted molar refractivity (Wildman–Crippen MR) is 93.8 cm³/mol. The standard InChI is InChI=1S/C20H15NO3/c1-11-3-2-4-12(7-11)17-15-9-21-20(22)14(15)8-13-5-6-16-19(18(13)17)24-10-23-16/h2-9,21-22H,10H2,1H3. The lowest BCUT2D eigenvalue weighted by Crippen LogP contribution is -1.93. The number of fused-ring (bicyclic) bond motifs is 4. The maximum atomic E-state index is 10.2. The Morgan fingerprint density at radius 2 is 1.96 bits per heavy atom. The first-order valence-electron chi connectivity index (χ1n) is 7.85. The van der Waals surface area contributed by atoms with Gasteiger partial charge in [-0.15, -0.1) is 0 Å². The van der Waals surface area contributed by atoms with Gasteiger partial charge in [0.1, 0.15) is 0 Å². The van der Waals surface area contributed by atoms with Crippen molar-refractivity contribution in [2.45, 2.75) is 6.92 Å². The molecular weight excluding hydrogens is 302 g/mol. The van der Waals surface area contributed by atoms with Crippen LogP contribution in [-0.4, -0.2) is 16.9 Å². The second-order valence-electron chi connectivity index (χ2n) is 6.12. The summed E-state index contributed by atoms with van der Waals surface area (Å²) in [6, 6.07) is 14.3. The van der Waals surface area contributed by atoms with Crippen molar-refractivity contribution in [3.63, 3.8) is 0 Å². The van der Waals surface area contributed by atoms with Crippen LogP contribution in [0, 0.1) is 6.92 Å². The second kappa shape index (κ2) is 4.68. The number of H-pyrrole nitrogens is 1. The molecule has 1 aliphatic rings. The monoisotopic (exact) mass is 317 g/mol. The van der Waals surface area contributed by atoms with Crippen LogP contribution in [0.25, 0.3) is 32.7 Å². The molecule has 2 heterocycles. The van der Waals surface area contributed by atoms with Gasteiger partial charge < -0.3 is 19.6 Å². The molecule has 0 saturated heterocycles. The highest BCUT2D eigenvalue weighted by Gasteiger charge is 2.22. The van der Waals surface area contributed by atoms with Crippen molar-refractivity contribution in [1.82, 2.24) is 4.98 Å². The van der Waals surface area contributed by atoms with Gasteiger partial charge in [0.15, 0.2) is 17.4 Å². The van der Waals surface area contributed by atoms with E-state index in [1.54, 1.807) is 0 Å². The fourth-order valence-electron chi connectivity index (χ4n) is 3.53. The van der Waals surface area contributed by atoms with Gasteiger partial charge >= 0.3 is 0 Å². The summed E-state index contributed by atoms with van der Waals surface area (Å²) in [4.78, 5) is 2.93. The van der Waals surface area contributed by atoms with Crippen LogP contribution in [0.2, 0.25) is 0 Å². The van der Waals surface area contributed by atoms with Crippen molar-refractivity contribution in [3.8, 4) is 28.5 Å². The van der Waals surface area contributed by atoms with Crippen LogP contribution < -0.4 is 9.47 Å². The Morgan fingerprint density at radius 1 is 1.04 bits per heavy atom. The van der Waals surface area contributed by atoms with Crippen LogP contribution in [0.3, 0.4) is 0 Å². The van der Waals surface area contributed by atoms with Crippen LogP contribution in [0.4, 0.5) is 0 Å². The van der Waals surface area contributed by atoms with Crippen LogP contribution in [0.15, 0.2) is 48.7 Å². The molecule has 0 unspecified atom stereocenters. The van der Waals surface area contributed by atoms with E-state index in [9.17, 15) is 5.11 Å². The number of hydrogen-bond donors (Lipinski definition) is 2. The fraction of sp³-hybridized carbons (Fsp3) is 0.100. The first kappa shape index (κ1) is 13.3. The first-order chi connectivity index (χ1) is 11.7. The van der Waals surface area contributed by atoms with Gasteiger partial charge in [0, 0.05) is 27.9 Å². The second-order valence-corrected chi connectivity index (χ2v) is 6.12. The molecule has 4 nitrogen and oxygen atoms in total. The van der Waals surface area contributed by atoms with Crippen molar-refractivity contribution in [2.24, 2.45) is 0 Å². The molecule has 0 radical (unpaired) electrons. The Labute approximate surface area is 138 Å². The fourth-order valence-corrected chi connectivity index (χ4v) is 3.53. The number of aromatic hydroxyl groups is 1. The molecule has 0 spiro atoms. The van der Waals surface area contributed by atoms with Gasteiger partial charge in [0.05, 0.1) is 0 Å². The smallest absolute Gasteiger partial charge is 0.231 e. The van der Waals surface area contributed by atoms with Crippen LogP contribution in [0.5, 0.6) is 17.4 Å². The summed E-state index contributed by atoms with van der Waals surface area (Å²) in [6.07, 6.45) is 1.84. The quantitative estimate of drug-likeness (QED) is 0.533. The average molecular weight is 317 g/mol. The van der Waals surface area contributed by atoms with E-state index in [-0.39, 0.29) is 12.7 Å². The lowest BCUT2D eigenvalue weighted by atomic mass is 9.92. The molecular formula is C20H15NO3. The SMILES string of the molecule is Cc1cccc(-c2c3c[nH]c(O)c3cc3ccc4c(c23)OCO4)c1. The summed E-state index contributed by atoms with van der Waals surface area (Å²) in [6.45, 7) is 2.31. The zero-order valence-electron chi connectivity index (χ0n) is 13.1. The normalized spacial score (nSPS) is 13.0. The van der Waals surface area contributed by atoms with Gasteiger partial charge in [0.2, 0.25) is 6.79 Å². The molecule has 4 heteroatoms. The number of benzene rings is 3. The number of aromatic nitrogens is 1. The largest absolute Gasteiger partial charge is 0.494 e. The van der Waals surface area contributed by atoms with Crippen molar-refractivity contribution in [1.29, 1.82) is 0 Å². The Balaban J connectivity index is 2.02. The predicted octanol–water partition coefficient (Wildman–Crippen LogP) is 4.73. The number of rotatable bonds is 1. The highest BCUT2D eigenvalue weighted by molar-refractivity contribution is 6.16. The average Bonchev–Trinajstić information content (AvgIpc) is 3.20. The van der Waals surface area contributed by atoms with E-state index < -0.39 is 0 Å². The summed E-state index contributed by atoms with van der Waals surface area (Å²) in [5.74, 6) is 1.71. The maximum Gasteiger partial charge on any atom is 0.231 e. The zero-order chi connectivity index (χ0) is 16.3. The molecule has 0 aliphatic carbocycles. The summed E-state index contributed by atoms with van der Waals surface area (Å²) in [5, 5.41) is 14.0. The van der Waals surface area contributed by atoms with Crippen LogP contribution in [-0.2, 0) is 0 Å². The molecule has 1 aliphatic heterocycles. The third-order valence-electron chi connectivity index (χ3n) is 4.60. The molecule has 0 fully saturated rings. The number of nitrogens with one attached hydrogen (secondary N) is 1. The first-order valence-corrected chi connectivity index (χ1v) is 7.85. The van der Waals surface area contributed by atoms with Crippen molar-refractivity contribution < 1.29 is 14.6 Å². The summed E-state index contributed by atoms with van der Waals surface area (Å²) in [7, 11) is 0. The Bertz CT molecular complexity index is 1110. The Kier molecular flexibility index (Phi) is 2.59. The molecule has 2 N–H and O–H groups in total. The van der Waals surface area contributed by atoms with E-state index in [0.29, 0.717) is 0 Å². The third-order valence-corrected chi connectivity index (χ3v) is 4.60. The van der Waals surface area contributed by atoms with Crippen molar-refractivity contribution in [2.75, 3.05) is 6.79 Å². The van der Waals surface area contributed by atoms with E-state index in [4.69, 9.17) is 9.47 Å². The van der Waals surface area contributed by atoms with Gasteiger partial charge in [-0.25, -0.2) is 0 Å². The van der Waals surface area contributed by atoms with Gasteiger partial charge in [0.25, 0.3) is 0 Å². The van der Waals surface area contributed by atoms with Gasteiger partial charge in [-0.1, -0.05) is 35.9 Å². The molecule has 0 bridgehead atoms. The van der Waals surface area contributed by atoms with Crippen LogP contribution >= 0.6 is 0 Å².